The van der Waals surface area contributed by atoms with Gasteiger partial charge in [0.05, 0.1) is 6.61 Å². The number of hydrogen-bond donors (Lipinski definition) is 0. The van der Waals surface area contributed by atoms with Gasteiger partial charge >= 0.3 is 0 Å². The molecule has 0 aromatic rings. The Balaban J connectivity index is 2.99. The maximum Gasteiger partial charge on any atom is 0.222 e. The van der Waals surface area contributed by atoms with Crippen molar-refractivity contribution in [3.8, 4) is 23.3 Å². The molecule has 0 radical (unpaired) electrons. The smallest absolute Gasteiger partial charge is 0.222 e. The summed E-state index contributed by atoms with van der Waals surface area (Å²) in [5.74, 6) is 8.46. The van der Waals surface area contributed by atoms with E-state index in [4.69, 9.17) is 18.9 Å². The first-order chi connectivity index (χ1) is 10.2. The predicted molar refractivity (Wildman–Crippen MR) is 89.7 cm³/mol. The molecule has 0 spiro atoms. The first-order valence-electron chi connectivity index (χ1n) is 7.28. The van der Waals surface area contributed by atoms with Crippen LogP contribution in [0.4, 0.5) is 0 Å². The van der Waals surface area contributed by atoms with Gasteiger partial charge in [0.15, 0.2) is 5.79 Å². The minimum Gasteiger partial charge on any atom is -0.347 e. The van der Waals surface area contributed by atoms with Crippen molar-refractivity contribution in [2.24, 2.45) is 0 Å². The van der Waals surface area contributed by atoms with Gasteiger partial charge in [-0.1, -0.05) is 31.5 Å². The van der Waals surface area contributed by atoms with Crippen molar-refractivity contribution in [1.29, 1.82) is 0 Å². The zero-order valence-electron chi connectivity index (χ0n) is 14.6. The van der Waals surface area contributed by atoms with Crippen LogP contribution < -0.4 is 0 Å². The molecule has 1 atom stereocenters. The molecule has 0 aromatic heterocycles. The van der Waals surface area contributed by atoms with Gasteiger partial charge in [0.25, 0.3) is 0 Å². The van der Waals surface area contributed by atoms with Crippen molar-refractivity contribution < 1.29 is 18.9 Å². The van der Waals surface area contributed by atoms with E-state index in [1.165, 1.54) is 0 Å². The van der Waals surface area contributed by atoms with E-state index >= 15 is 0 Å². The number of allylic oxidation sites excluding steroid dienone is 1. The third-order valence-corrected chi connectivity index (χ3v) is 3.67. The summed E-state index contributed by atoms with van der Waals surface area (Å²) >= 11 is 0. The lowest BCUT2D eigenvalue weighted by atomic mass is 10.1. The summed E-state index contributed by atoms with van der Waals surface area (Å²) in [7, 11) is 1.62. The zero-order valence-corrected chi connectivity index (χ0v) is 15.6. The van der Waals surface area contributed by atoms with Crippen molar-refractivity contribution in [1.82, 2.24) is 0 Å². The number of ether oxygens (including phenoxy) is 4. The Morgan fingerprint density at radius 3 is 2.36 bits per heavy atom. The summed E-state index contributed by atoms with van der Waals surface area (Å²) in [4.78, 5) is 0. The highest BCUT2D eigenvalue weighted by molar-refractivity contribution is 6.83. The van der Waals surface area contributed by atoms with Crippen LogP contribution in [0.15, 0.2) is 11.6 Å². The number of rotatable bonds is 3. The Morgan fingerprint density at radius 1 is 1.27 bits per heavy atom. The molecule has 0 aliphatic carbocycles. The second-order valence-electron chi connectivity index (χ2n) is 6.51. The average molecular weight is 322 g/mol. The number of hydrogen-bond acceptors (Lipinski definition) is 4. The molecule has 0 N–H and O–H groups in total. The van der Waals surface area contributed by atoms with E-state index in [9.17, 15) is 0 Å². The fourth-order valence-corrected chi connectivity index (χ4v) is 2.23. The van der Waals surface area contributed by atoms with Gasteiger partial charge in [-0.25, -0.2) is 0 Å². The van der Waals surface area contributed by atoms with Crippen LogP contribution in [0.25, 0.3) is 0 Å². The van der Waals surface area contributed by atoms with Crippen LogP contribution >= 0.6 is 0 Å². The molecule has 0 amide bonds. The van der Waals surface area contributed by atoms with Crippen molar-refractivity contribution in [2.45, 2.75) is 51.7 Å². The molecule has 22 heavy (non-hydrogen) atoms. The minimum absolute atomic E-state index is 0.184. The average Bonchev–Trinajstić information content (AvgIpc) is 2.77. The lowest BCUT2D eigenvalue weighted by Gasteiger charge is -2.17. The molecule has 0 unspecified atom stereocenters. The van der Waals surface area contributed by atoms with E-state index in [-0.39, 0.29) is 6.10 Å². The van der Waals surface area contributed by atoms with E-state index in [1.807, 2.05) is 13.8 Å². The second kappa shape index (κ2) is 7.96. The molecule has 122 valence electrons. The van der Waals surface area contributed by atoms with Crippen LogP contribution in [-0.4, -0.2) is 47.1 Å². The Kier molecular flexibility index (Phi) is 6.86. The topological polar surface area (TPSA) is 36.9 Å². The lowest BCUT2D eigenvalue weighted by Crippen LogP contribution is -2.22. The maximum absolute atomic E-state index is 5.88. The van der Waals surface area contributed by atoms with Crippen molar-refractivity contribution in [2.75, 3.05) is 20.8 Å². The highest BCUT2D eigenvalue weighted by atomic mass is 28.3. The molecule has 5 heteroatoms. The molecule has 4 nitrogen and oxygen atoms in total. The van der Waals surface area contributed by atoms with E-state index < -0.39 is 20.2 Å². The van der Waals surface area contributed by atoms with E-state index in [2.05, 4.69) is 42.9 Å². The van der Waals surface area contributed by atoms with Gasteiger partial charge in [-0.15, -0.1) is 5.54 Å². The normalized spacial score (nSPS) is 21.1. The summed E-state index contributed by atoms with van der Waals surface area (Å²) in [6.07, 6.45) is 1.05. The maximum atomic E-state index is 5.88. The molecule has 1 aliphatic heterocycles. The van der Waals surface area contributed by atoms with Crippen molar-refractivity contribution >= 4 is 8.07 Å². The lowest BCUT2D eigenvalue weighted by molar-refractivity contribution is -0.133. The van der Waals surface area contributed by atoms with Crippen LogP contribution in [0.3, 0.4) is 0 Å². The van der Waals surface area contributed by atoms with E-state index in [0.29, 0.717) is 6.61 Å². The molecule has 0 saturated carbocycles. The van der Waals surface area contributed by atoms with Gasteiger partial charge in [-0.3, -0.25) is 0 Å². The molecule has 1 saturated heterocycles. The quantitative estimate of drug-likeness (QED) is 0.455. The SMILES string of the molecule is COC(C#C/C=C(\C#C[Si](C)(C)C)[C@H]1COC(C)(C)O1)OC. The van der Waals surface area contributed by atoms with Crippen molar-refractivity contribution in [3.05, 3.63) is 11.6 Å². The van der Waals surface area contributed by atoms with E-state index in [1.54, 1.807) is 20.3 Å². The second-order valence-corrected chi connectivity index (χ2v) is 11.3. The fraction of sp³-hybridized carbons (Fsp3) is 0.647. The van der Waals surface area contributed by atoms with Gasteiger partial charge in [-0.05, 0) is 19.8 Å². The van der Waals surface area contributed by atoms with Crippen LogP contribution in [0.1, 0.15) is 13.8 Å². The summed E-state index contributed by atoms with van der Waals surface area (Å²) in [5, 5.41) is 0. The first-order valence-corrected chi connectivity index (χ1v) is 10.8. The first kappa shape index (κ1) is 19.0. The molecular weight excluding hydrogens is 296 g/mol. The Morgan fingerprint density at radius 2 is 1.91 bits per heavy atom. The van der Waals surface area contributed by atoms with Gasteiger partial charge in [0, 0.05) is 25.9 Å². The molecule has 0 bridgehead atoms. The zero-order chi connectivity index (χ0) is 16.8. The largest absolute Gasteiger partial charge is 0.347 e. The molecule has 0 aromatic carbocycles. The van der Waals surface area contributed by atoms with E-state index in [0.717, 1.165) is 5.57 Å². The van der Waals surface area contributed by atoms with Gasteiger partial charge < -0.3 is 18.9 Å². The molecular formula is C17H26O4Si. The summed E-state index contributed by atoms with van der Waals surface area (Å²) in [5.41, 5.74) is 4.19. The molecule has 1 aliphatic rings. The number of methoxy groups -OCH3 is 2. The van der Waals surface area contributed by atoms with Crippen LogP contribution in [-0.2, 0) is 18.9 Å². The Bertz CT molecular complexity index is 519. The monoisotopic (exact) mass is 322 g/mol. The van der Waals surface area contributed by atoms with Crippen LogP contribution in [0.5, 0.6) is 0 Å². The fourth-order valence-electron chi connectivity index (χ4n) is 1.71. The molecule has 1 rings (SSSR count). The van der Waals surface area contributed by atoms with Gasteiger partial charge in [0.2, 0.25) is 6.29 Å². The Hall–Kier alpha value is -1.08. The summed E-state index contributed by atoms with van der Waals surface area (Å²) in [6, 6.07) is 0. The van der Waals surface area contributed by atoms with Crippen molar-refractivity contribution in [3.63, 3.8) is 0 Å². The minimum atomic E-state index is -1.48. The molecule has 1 fully saturated rings. The van der Waals surface area contributed by atoms with Crippen LogP contribution in [0, 0.1) is 23.3 Å². The highest BCUT2D eigenvalue weighted by Crippen LogP contribution is 2.26. The van der Waals surface area contributed by atoms with Gasteiger partial charge in [0.1, 0.15) is 14.2 Å². The predicted octanol–water partition coefficient (Wildman–Crippen LogP) is 2.57. The Labute approximate surface area is 135 Å². The standard InChI is InChI=1S/C17H26O4Si/c1-17(2)20-13-15(21-17)14(11-12-22(5,6)7)9-8-10-16(18-3)19-4/h9,15-16H,13H2,1-7H3/b14-9+/t15-/m1/s1. The third-order valence-electron chi connectivity index (χ3n) is 2.79. The van der Waals surface area contributed by atoms with Crippen LogP contribution in [0.2, 0.25) is 19.6 Å². The van der Waals surface area contributed by atoms with Gasteiger partial charge in [-0.2, -0.15) is 0 Å². The molecule has 1 heterocycles. The highest BCUT2D eigenvalue weighted by Gasteiger charge is 2.34. The summed E-state index contributed by atoms with van der Waals surface area (Å²) in [6.45, 7) is 10.9. The summed E-state index contributed by atoms with van der Waals surface area (Å²) < 4.78 is 21.6. The third kappa shape index (κ3) is 6.78.